The number of aliphatic carboxylic acids is 3. The number of alkyl carbamates (subject to hydrolysis) is 6. The third kappa shape index (κ3) is 58.3. The average molecular weight is 1580 g/mol. The van der Waals surface area contributed by atoms with Crippen LogP contribution >= 0.6 is 0 Å². The first-order valence-electron chi connectivity index (χ1n) is 38.4. The van der Waals surface area contributed by atoms with Crippen molar-refractivity contribution in [1.29, 1.82) is 0 Å². The highest BCUT2D eigenvalue weighted by molar-refractivity contribution is 6.05. The Balaban J connectivity index is 0.00000130. The maximum absolute atomic E-state index is 11.7. The first-order chi connectivity index (χ1) is 50.6. The first kappa shape index (κ1) is 102. The van der Waals surface area contributed by atoms with Crippen molar-refractivity contribution in [3.05, 3.63) is 0 Å². The van der Waals surface area contributed by atoms with Crippen LogP contribution in [-0.2, 0) is 71.4 Å². The van der Waals surface area contributed by atoms with Gasteiger partial charge in [-0.05, 0) is 240 Å². The number of carboxylic acid groups (broad SMARTS) is 3. The Morgan fingerprint density at radius 1 is 0.273 bits per heavy atom. The molecule has 6 aliphatic carbocycles. The lowest BCUT2D eigenvalue weighted by Crippen LogP contribution is -2.38. The summed E-state index contributed by atoms with van der Waals surface area (Å²) in [6.07, 6.45) is 9.60. The Kier molecular flexibility index (Phi) is 46.9. The van der Waals surface area contributed by atoms with E-state index in [9.17, 15) is 72.9 Å². The second-order valence-corrected chi connectivity index (χ2v) is 34.0. The molecule has 0 saturated heterocycles. The summed E-state index contributed by atoms with van der Waals surface area (Å²) in [6, 6.07) is 0.0181. The lowest BCUT2D eigenvalue weighted by Gasteiger charge is -2.21. The number of carboxylic acids is 3. The monoisotopic (exact) mass is 1570 g/mol. The summed E-state index contributed by atoms with van der Waals surface area (Å²) >= 11 is 0. The number of hydrogen-bond donors (Lipinski definition) is 12. The van der Waals surface area contributed by atoms with E-state index in [0.29, 0.717) is 57.8 Å². The van der Waals surface area contributed by atoms with E-state index in [2.05, 4.69) is 39.7 Å². The molecule has 634 valence electrons. The minimum atomic E-state index is -0.921. The van der Waals surface area contributed by atoms with Gasteiger partial charge in [-0.1, -0.05) is 6.82 Å². The topological polar surface area (TPSA) is 481 Å². The maximum atomic E-state index is 11.7. The van der Waals surface area contributed by atoms with Crippen LogP contribution in [0.5, 0.6) is 0 Å². The Labute approximate surface area is 651 Å². The Morgan fingerprint density at radius 2 is 0.436 bits per heavy atom. The quantitative estimate of drug-likeness (QED) is 0.0288. The SMILES string of the molecule is CC(C)(C)OC(=O)N[C@@H]1CC[C@H](O)C1.CC(C)(C)OC(=O)N[C@@H]1CC[C@H](OC(=O)CCCC(=O)O)C1.CC(C)(C)OC(=O)N[C@@H]1CC[C@H](OC(=O)CCCC(=O)O)C1.CC(C)(C)OC(=O)N[C@H]1CC[C@@H](O)C1.CC(C)(C)OC(=O)N[C@H]1CC[C@@H](O)C1.CC(C)(C)OC(=O)N[C@H]1CC[C@@H](OC(=O)CCCC(=O)O)C1.[B]C. The Bertz CT molecular complexity index is 2530. The summed E-state index contributed by atoms with van der Waals surface area (Å²) in [6.45, 7) is 34.1. The molecule has 0 bridgehead atoms. The molecule has 34 heteroatoms. The highest BCUT2D eigenvalue weighted by Gasteiger charge is 2.35. The molecule has 0 unspecified atom stereocenters. The smallest absolute Gasteiger partial charge is 0.407 e. The summed E-state index contributed by atoms with van der Waals surface area (Å²) < 4.78 is 46.7. The third-order valence-corrected chi connectivity index (χ3v) is 15.9. The van der Waals surface area contributed by atoms with E-state index < -0.39 is 88.1 Å². The Hall–Kier alpha value is -7.62. The van der Waals surface area contributed by atoms with E-state index in [-0.39, 0.29) is 149 Å². The predicted molar refractivity (Wildman–Crippen MR) is 406 cm³/mol. The van der Waals surface area contributed by atoms with Crippen LogP contribution in [0.3, 0.4) is 0 Å². The second kappa shape index (κ2) is 50.4. The van der Waals surface area contributed by atoms with Crippen LogP contribution in [-0.4, -0.2) is 217 Å². The summed E-state index contributed by atoms with van der Waals surface area (Å²) in [4.78, 5) is 135. The molecule has 6 rings (SSSR count). The molecule has 6 fully saturated rings. The fourth-order valence-corrected chi connectivity index (χ4v) is 11.5. The molecule has 0 aliphatic heterocycles. The highest BCUT2D eigenvalue weighted by atomic mass is 16.6. The number of rotatable bonds is 21. The van der Waals surface area contributed by atoms with Gasteiger partial charge in [0.1, 0.15) is 51.9 Å². The van der Waals surface area contributed by atoms with Gasteiger partial charge in [-0.25, -0.2) is 28.8 Å². The van der Waals surface area contributed by atoms with E-state index in [1.807, 2.05) is 62.3 Å². The number of hydrogen-bond acceptors (Lipinski definition) is 24. The van der Waals surface area contributed by atoms with Gasteiger partial charge >= 0.3 is 72.4 Å². The van der Waals surface area contributed by atoms with Gasteiger partial charge in [0.15, 0.2) is 0 Å². The zero-order valence-electron chi connectivity index (χ0n) is 68.9. The fraction of sp³-hybridized carbons (Fsp3) is 0.842. The van der Waals surface area contributed by atoms with Gasteiger partial charge in [-0.3, -0.25) is 28.8 Å². The van der Waals surface area contributed by atoms with Crippen LogP contribution in [0.1, 0.15) is 298 Å². The summed E-state index contributed by atoms with van der Waals surface area (Å²) in [5, 5.41) is 69.8. The molecule has 2 radical (unpaired) electrons. The molecule has 6 saturated carbocycles. The normalized spacial score (nSPS) is 23.3. The van der Waals surface area contributed by atoms with Crippen molar-refractivity contribution in [2.45, 2.75) is 411 Å². The minimum absolute atomic E-state index is 0.0391. The summed E-state index contributed by atoms with van der Waals surface area (Å²) in [5.41, 5.74) is -3.00. The van der Waals surface area contributed by atoms with Crippen molar-refractivity contribution in [2.75, 3.05) is 0 Å². The molecule has 0 aromatic rings. The fourth-order valence-electron chi connectivity index (χ4n) is 11.5. The first-order valence-corrected chi connectivity index (χ1v) is 38.4. The van der Waals surface area contributed by atoms with Crippen LogP contribution in [0.2, 0.25) is 6.82 Å². The number of esters is 3. The minimum Gasteiger partial charge on any atom is -0.481 e. The van der Waals surface area contributed by atoms with Crippen molar-refractivity contribution in [1.82, 2.24) is 31.9 Å². The lowest BCUT2D eigenvalue weighted by molar-refractivity contribution is -0.150. The van der Waals surface area contributed by atoms with E-state index in [4.69, 9.17) is 58.0 Å². The van der Waals surface area contributed by atoms with E-state index in [0.717, 1.165) is 57.8 Å². The number of carbonyl (C=O) groups is 12. The van der Waals surface area contributed by atoms with Crippen molar-refractivity contribution in [3.8, 4) is 0 Å². The lowest BCUT2D eigenvalue weighted by atomic mass is 10.2. The molecule has 0 heterocycles. The number of aliphatic hydroxyl groups is 3. The molecule has 0 aromatic heterocycles. The van der Waals surface area contributed by atoms with Crippen LogP contribution in [0.15, 0.2) is 0 Å². The van der Waals surface area contributed by atoms with Gasteiger partial charge in [-0.2, -0.15) is 0 Å². The van der Waals surface area contributed by atoms with Gasteiger partial charge in [-0.15, -0.1) is 0 Å². The zero-order chi connectivity index (χ0) is 84.6. The van der Waals surface area contributed by atoms with E-state index in [1.54, 1.807) is 62.3 Å². The van der Waals surface area contributed by atoms with Crippen molar-refractivity contribution in [3.63, 3.8) is 0 Å². The van der Waals surface area contributed by atoms with Crippen LogP contribution in [0.4, 0.5) is 28.8 Å². The van der Waals surface area contributed by atoms with Gasteiger partial charge < -0.3 is 105 Å². The predicted octanol–water partition coefficient (Wildman–Crippen LogP) is 11.2. The van der Waals surface area contributed by atoms with Gasteiger partial charge in [0.25, 0.3) is 0 Å². The number of ether oxygens (including phenoxy) is 9. The largest absolute Gasteiger partial charge is 0.481 e. The second-order valence-electron chi connectivity index (χ2n) is 34.0. The number of carbonyl (C=O) groups excluding carboxylic acids is 9. The van der Waals surface area contributed by atoms with Crippen molar-refractivity contribution in [2.24, 2.45) is 0 Å². The highest BCUT2D eigenvalue weighted by Crippen LogP contribution is 2.28. The maximum Gasteiger partial charge on any atom is 0.407 e. The van der Waals surface area contributed by atoms with Gasteiger partial charge in [0.05, 0.1) is 26.2 Å². The number of nitrogens with one attached hydrogen (secondary N) is 6. The number of aliphatic hydroxyl groups excluding tert-OH is 3. The molecule has 12 N–H and O–H groups in total. The molecular formula is C76H135BN6O27. The van der Waals surface area contributed by atoms with Crippen molar-refractivity contribution >= 4 is 80.2 Å². The molecule has 0 aromatic carbocycles. The third-order valence-electron chi connectivity index (χ3n) is 15.9. The molecule has 6 aliphatic rings. The molecule has 0 spiro atoms. The van der Waals surface area contributed by atoms with E-state index in [1.165, 1.54) is 6.82 Å². The van der Waals surface area contributed by atoms with Crippen LogP contribution in [0, 0.1) is 0 Å². The molecule has 33 nitrogen and oxygen atoms in total. The molecular weight excluding hydrogens is 1440 g/mol. The molecule has 110 heavy (non-hydrogen) atoms. The summed E-state index contributed by atoms with van der Waals surface area (Å²) in [7, 11) is 4.50. The zero-order valence-corrected chi connectivity index (χ0v) is 68.9. The summed E-state index contributed by atoms with van der Waals surface area (Å²) in [5.74, 6) is -3.92. The van der Waals surface area contributed by atoms with Crippen molar-refractivity contribution < 1.29 is 131 Å². The molecule has 12 atom stereocenters. The van der Waals surface area contributed by atoms with Crippen LogP contribution < -0.4 is 31.9 Å². The number of amides is 6. The Morgan fingerprint density at radius 3 is 0.582 bits per heavy atom. The standard InChI is InChI=1S/3C15H25NO6.3C10H19NO3.CH3B/c3*1-15(2,3)22-14(20)16-10-7-8-11(9-10)21-13(19)6-4-5-12(17)18;3*1-10(2,3)14-9(13)11-7-4-5-8(12)6-7;1-2/h3*10-11H,4-9H2,1-3H3,(H,16,20)(H,17,18);3*7-8,12H,4-6H2,1-3H3,(H,11,13);1H3/t3*10-,11+;3*7-,8+;/m110100./s1. The van der Waals surface area contributed by atoms with E-state index >= 15 is 0 Å². The van der Waals surface area contributed by atoms with Gasteiger partial charge in [0, 0.05) is 94.0 Å². The van der Waals surface area contributed by atoms with Gasteiger partial charge in [0.2, 0.25) is 0 Å². The van der Waals surface area contributed by atoms with Crippen LogP contribution in [0.25, 0.3) is 0 Å². The molecule has 6 amide bonds. The average Bonchev–Trinajstić information content (AvgIpc) is 1.68.